The Hall–Kier alpha value is -4.46. The summed E-state index contributed by atoms with van der Waals surface area (Å²) < 4.78 is 0. The number of nitro groups is 2. The lowest BCUT2D eigenvalue weighted by atomic mass is 9.84. The number of nitrogens with one attached hydrogen (secondary N) is 2. The zero-order chi connectivity index (χ0) is 21.5. The molecule has 0 bridgehead atoms. The first kappa shape index (κ1) is 18.6. The van der Waals surface area contributed by atoms with Gasteiger partial charge in [-0.25, -0.2) is 0 Å². The van der Waals surface area contributed by atoms with Crippen molar-refractivity contribution in [2.45, 2.75) is 5.92 Å². The van der Waals surface area contributed by atoms with Crippen LogP contribution in [0.25, 0.3) is 21.8 Å². The Labute approximate surface area is 175 Å². The van der Waals surface area contributed by atoms with Crippen LogP contribution in [-0.2, 0) is 0 Å². The number of rotatable bonds is 5. The maximum absolute atomic E-state index is 11.3. The van der Waals surface area contributed by atoms with Crippen molar-refractivity contribution in [2.24, 2.45) is 0 Å². The zero-order valence-electron chi connectivity index (χ0n) is 16.1. The van der Waals surface area contributed by atoms with Crippen LogP contribution in [-0.4, -0.2) is 19.8 Å². The van der Waals surface area contributed by atoms with Crippen molar-refractivity contribution in [3.63, 3.8) is 0 Å². The van der Waals surface area contributed by atoms with E-state index in [0.717, 1.165) is 38.5 Å². The molecule has 0 atom stereocenters. The summed E-state index contributed by atoms with van der Waals surface area (Å²) in [6.07, 6.45) is 3.70. The molecule has 5 aromatic rings. The van der Waals surface area contributed by atoms with Crippen LogP contribution in [0.4, 0.5) is 11.4 Å². The van der Waals surface area contributed by atoms with Gasteiger partial charge in [0.1, 0.15) is 0 Å². The molecule has 3 aromatic carbocycles. The third-order valence-corrected chi connectivity index (χ3v) is 5.57. The molecule has 0 unspecified atom stereocenters. The van der Waals surface area contributed by atoms with Crippen LogP contribution < -0.4 is 0 Å². The van der Waals surface area contributed by atoms with E-state index in [4.69, 9.17) is 0 Å². The molecule has 0 spiro atoms. The van der Waals surface area contributed by atoms with Crippen molar-refractivity contribution >= 4 is 33.2 Å². The van der Waals surface area contributed by atoms with Crippen LogP contribution in [0.5, 0.6) is 0 Å². The number of benzene rings is 3. The third-order valence-electron chi connectivity index (χ3n) is 5.57. The molecule has 0 aliphatic rings. The Balaban J connectivity index is 1.79. The van der Waals surface area contributed by atoms with Gasteiger partial charge in [0.15, 0.2) is 0 Å². The highest BCUT2D eigenvalue weighted by molar-refractivity contribution is 5.91. The van der Waals surface area contributed by atoms with Gasteiger partial charge in [-0.1, -0.05) is 30.3 Å². The second kappa shape index (κ2) is 7.10. The van der Waals surface area contributed by atoms with E-state index in [1.807, 2.05) is 42.7 Å². The van der Waals surface area contributed by atoms with Crippen molar-refractivity contribution in [1.29, 1.82) is 0 Å². The standard InChI is InChI=1S/C23H16N4O4/c28-26(29)15-6-8-21-17(10-15)19(12-24-21)23(14-4-2-1-3-5-14)20-13-25-22-9-7-16(27(30)31)11-18(20)22/h1-13,23-25H. The molecule has 2 aromatic heterocycles. The minimum Gasteiger partial charge on any atom is -0.361 e. The smallest absolute Gasteiger partial charge is 0.270 e. The topological polar surface area (TPSA) is 118 Å². The van der Waals surface area contributed by atoms with Crippen LogP contribution in [0.3, 0.4) is 0 Å². The molecule has 2 heterocycles. The van der Waals surface area contributed by atoms with E-state index in [0.29, 0.717) is 0 Å². The van der Waals surface area contributed by atoms with Gasteiger partial charge in [0, 0.05) is 64.4 Å². The number of hydrogen-bond donors (Lipinski definition) is 2. The number of H-pyrrole nitrogens is 2. The lowest BCUT2D eigenvalue weighted by molar-refractivity contribution is -0.384. The van der Waals surface area contributed by atoms with Gasteiger partial charge >= 0.3 is 0 Å². The minimum absolute atomic E-state index is 0.00901. The van der Waals surface area contributed by atoms with Crippen LogP contribution >= 0.6 is 0 Å². The number of nitrogens with zero attached hydrogens (tertiary/aromatic N) is 2. The molecule has 0 amide bonds. The van der Waals surface area contributed by atoms with E-state index >= 15 is 0 Å². The molecular weight excluding hydrogens is 396 g/mol. The molecule has 0 radical (unpaired) electrons. The zero-order valence-corrected chi connectivity index (χ0v) is 16.1. The molecule has 8 nitrogen and oxygen atoms in total. The monoisotopic (exact) mass is 412 g/mol. The average Bonchev–Trinajstić information content (AvgIpc) is 3.39. The van der Waals surface area contributed by atoms with Gasteiger partial charge in [0.05, 0.1) is 9.85 Å². The van der Waals surface area contributed by atoms with E-state index in [2.05, 4.69) is 9.97 Å². The molecule has 0 fully saturated rings. The largest absolute Gasteiger partial charge is 0.361 e. The van der Waals surface area contributed by atoms with Crippen molar-refractivity contribution < 1.29 is 9.85 Å². The Bertz CT molecular complexity index is 1360. The van der Waals surface area contributed by atoms with E-state index in [-0.39, 0.29) is 17.3 Å². The molecule has 0 saturated carbocycles. The first-order chi connectivity index (χ1) is 15.0. The van der Waals surface area contributed by atoms with Gasteiger partial charge in [0.2, 0.25) is 0 Å². The second-order valence-electron chi connectivity index (χ2n) is 7.31. The molecule has 0 aliphatic carbocycles. The quantitative estimate of drug-likeness (QED) is 0.286. The average molecular weight is 412 g/mol. The Morgan fingerprint density at radius 1 is 0.677 bits per heavy atom. The van der Waals surface area contributed by atoms with Crippen LogP contribution in [0, 0.1) is 20.2 Å². The molecule has 0 saturated heterocycles. The fraction of sp³-hybridized carbons (Fsp3) is 0.0435. The highest BCUT2D eigenvalue weighted by Gasteiger charge is 2.25. The molecule has 31 heavy (non-hydrogen) atoms. The van der Waals surface area contributed by atoms with Crippen molar-refractivity contribution in [3.05, 3.63) is 116 Å². The maximum Gasteiger partial charge on any atom is 0.270 e. The van der Waals surface area contributed by atoms with Crippen molar-refractivity contribution in [1.82, 2.24) is 9.97 Å². The predicted octanol–water partition coefficient (Wildman–Crippen LogP) is 5.65. The Morgan fingerprint density at radius 2 is 1.16 bits per heavy atom. The number of fused-ring (bicyclic) bond motifs is 2. The Kier molecular flexibility index (Phi) is 4.25. The SMILES string of the molecule is O=[N+]([O-])c1ccc2[nH]cc(C(c3ccccc3)c3c[nH]c4ccc([N+](=O)[O-])cc34)c2c1. The molecule has 8 heteroatoms. The number of aromatic amines is 2. The fourth-order valence-corrected chi connectivity index (χ4v) is 4.14. The summed E-state index contributed by atoms with van der Waals surface area (Å²) in [5.74, 6) is -0.285. The first-order valence-electron chi connectivity index (χ1n) is 9.58. The number of non-ortho nitro benzene ring substituents is 2. The number of hydrogen-bond acceptors (Lipinski definition) is 4. The highest BCUT2D eigenvalue weighted by atomic mass is 16.6. The summed E-state index contributed by atoms with van der Waals surface area (Å²) in [7, 11) is 0. The highest BCUT2D eigenvalue weighted by Crippen LogP contribution is 2.40. The Morgan fingerprint density at radius 3 is 1.61 bits per heavy atom. The normalized spacial score (nSPS) is 11.4. The van der Waals surface area contributed by atoms with E-state index in [1.54, 1.807) is 24.3 Å². The molecule has 0 aliphatic heterocycles. The van der Waals surface area contributed by atoms with Gasteiger partial charge in [-0.2, -0.15) is 0 Å². The molecular formula is C23H16N4O4. The van der Waals surface area contributed by atoms with Crippen molar-refractivity contribution in [2.75, 3.05) is 0 Å². The van der Waals surface area contributed by atoms with Crippen LogP contribution in [0.2, 0.25) is 0 Å². The summed E-state index contributed by atoms with van der Waals surface area (Å²) in [6.45, 7) is 0. The van der Waals surface area contributed by atoms with Gasteiger partial charge in [0.25, 0.3) is 11.4 Å². The first-order valence-corrected chi connectivity index (χ1v) is 9.58. The predicted molar refractivity (Wildman–Crippen MR) is 117 cm³/mol. The summed E-state index contributed by atoms with van der Waals surface area (Å²) >= 11 is 0. The lowest BCUT2D eigenvalue weighted by Crippen LogP contribution is -2.02. The van der Waals surface area contributed by atoms with E-state index in [9.17, 15) is 20.2 Å². The lowest BCUT2D eigenvalue weighted by Gasteiger charge is -2.17. The number of aromatic nitrogens is 2. The van der Waals surface area contributed by atoms with E-state index < -0.39 is 9.85 Å². The number of nitro benzene ring substituents is 2. The van der Waals surface area contributed by atoms with Gasteiger partial charge in [-0.3, -0.25) is 20.2 Å². The van der Waals surface area contributed by atoms with Gasteiger partial charge < -0.3 is 9.97 Å². The molecule has 152 valence electrons. The van der Waals surface area contributed by atoms with Crippen LogP contribution in [0.1, 0.15) is 22.6 Å². The summed E-state index contributed by atoms with van der Waals surface area (Å²) in [5.41, 5.74) is 4.28. The third kappa shape index (κ3) is 3.10. The van der Waals surface area contributed by atoms with Gasteiger partial charge in [-0.05, 0) is 28.8 Å². The summed E-state index contributed by atoms with van der Waals surface area (Å²) in [5, 5.41) is 24.2. The molecule has 5 rings (SSSR count). The molecule has 2 N–H and O–H groups in total. The summed E-state index contributed by atoms with van der Waals surface area (Å²) in [6, 6.07) is 19.2. The minimum atomic E-state index is -0.414. The van der Waals surface area contributed by atoms with Crippen molar-refractivity contribution in [3.8, 4) is 0 Å². The fourth-order valence-electron chi connectivity index (χ4n) is 4.14. The van der Waals surface area contributed by atoms with E-state index in [1.165, 1.54) is 12.1 Å². The van der Waals surface area contributed by atoms with Gasteiger partial charge in [-0.15, -0.1) is 0 Å². The maximum atomic E-state index is 11.3. The van der Waals surface area contributed by atoms with Crippen LogP contribution in [0.15, 0.2) is 79.1 Å². The summed E-state index contributed by atoms with van der Waals surface area (Å²) in [4.78, 5) is 28.3. The second-order valence-corrected chi connectivity index (χ2v) is 7.31.